The van der Waals surface area contributed by atoms with Crippen LogP contribution in [0, 0.1) is 15.5 Å². The van der Waals surface area contributed by atoms with Crippen LogP contribution in [0.3, 0.4) is 0 Å². The van der Waals surface area contributed by atoms with Crippen LogP contribution in [0.5, 0.6) is 0 Å². The number of pyridine rings is 1. The van der Waals surface area contributed by atoms with Crippen LogP contribution in [-0.4, -0.2) is 29.9 Å². The molecular weight excluding hydrogens is 320 g/mol. The van der Waals surface area contributed by atoms with Crippen molar-refractivity contribution in [1.29, 1.82) is 0 Å². The highest BCUT2D eigenvalue weighted by atomic mass is 35.5. The number of allylic oxidation sites excluding steroid dienone is 1. The van der Waals surface area contributed by atoms with Gasteiger partial charge in [-0.2, -0.15) is 0 Å². The Morgan fingerprint density at radius 1 is 1.25 bits per heavy atom. The number of hydrogen-bond acceptors (Lipinski definition) is 3. The minimum Gasteiger partial charge on any atom is -0.259 e. The first-order chi connectivity index (χ1) is 9.38. The van der Waals surface area contributed by atoms with Gasteiger partial charge < -0.3 is 0 Å². The summed E-state index contributed by atoms with van der Waals surface area (Å²) in [6.45, 7) is -4.34. The molecule has 0 unspecified atom stereocenters. The maximum atomic E-state index is 13.1. The molecule has 0 N–H and O–H groups in total. The quantitative estimate of drug-likeness (QED) is 0.452. The highest BCUT2D eigenvalue weighted by Crippen LogP contribution is 2.38. The third-order valence-corrected chi connectivity index (χ3v) is 3.03. The van der Waals surface area contributed by atoms with Gasteiger partial charge in [-0.1, -0.05) is 23.2 Å². The predicted molar refractivity (Wildman–Crippen MR) is 69.6 cm³/mol. The van der Waals surface area contributed by atoms with Gasteiger partial charge in [0, 0.05) is 5.57 Å². The van der Waals surface area contributed by atoms with Gasteiger partial charge in [0.1, 0.15) is 30.3 Å². The number of aromatic nitrogens is 1. The van der Waals surface area contributed by atoms with E-state index in [0.29, 0.717) is 6.20 Å². The summed E-state index contributed by atoms with van der Waals surface area (Å²) in [5.74, 6) is 0. The van der Waals surface area contributed by atoms with Crippen molar-refractivity contribution in [2.24, 2.45) is 5.41 Å². The molecule has 0 radical (unpaired) electrons. The van der Waals surface area contributed by atoms with Crippen LogP contribution >= 0.6 is 23.2 Å². The maximum Gasteiger partial charge on any atom is 0.239 e. The van der Waals surface area contributed by atoms with Gasteiger partial charge >= 0.3 is 0 Å². The molecule has 0 amide bonds. The standard InChI is InChI=1S/C11H9Cl2F3N2O2/c12-9-1-7(2-10(13)17-9)8(3-18(19)20)11(4-14,5-15)6-16/h1-3H,4-6H2/b8-3+. The van der Waals surface area contributed by atoms with Gasteiger partial charge in [-0.05, 0) is 17.7 Å². The fourth-order valence-corrected chi connectivity index (χ4v) is 2.03. The normalized spacial score (nSPS) is 12.6. The monoisotopic (exact) mass is 328 g/mol. The number of nitrogens with zero attached hydrogens (tertiary/aromatic N) is 2. The van der Waals surface area contributed by atoms with Crippen molar-refractivity contribution in [1.82, 2.24) is 4.98 Å². The minimum absolute atomic E-state index is 0.0559. The second-order valence-electron chi connectivity index (χ2n) is 4.01. The Bertz CT molecular complexity index is 508. The lowest BCUT2D eigenvalue weighted by atomic mass is 9.80. The molecule has 0 spiro atoms. The largest absolute Gasteiger partial charge is 0.259 e. The Morgan fingerprint density at radius 3 is 2.05 bits per heavy atom. The van der Waals surface area contributed by atoms with E-state index in [9.17, 15) is 23.3 Å². The lowest BCUT2D eigenvalue weighted by Gasteiger charge is -2.26. The molecule has 20 heavy (non-hydrogen) atoms. The summed E-state index contributed by atoms with van der Waals surface area (Å²) in [6.07, 6.45) is 0.348. The van der Waals surface area contributed by atoms with Gasteiger partial charge in [-0.25, -0.2) is 18.2 Å². The molecule has 0 aliphatic carbocycles. The second-order valence-corrected chi connectivity index (χ2v) is 4.79. The Hall–Kier alpha value is -1.34. The van der Waals surface area contributed by atoms with Crippen LogP contribution in [-0.2, 0) is 0 Å². The zero-order valence-electron chi connectivity index (χ0n) is 9.95. The van der Waals surface area contributed by atoms with Crippen LogP contribution in [0.4, 0.5) is 13.2 Å². The van der Waals surface area contributed by atoms with Crippen molar-refractivity contribution >= 4 is 28.8 Å². The third-order valence-electron chi connectivity index (χ3n) is 2.65. The van der Waals surface area contributed by atoms with E-state index in [1.165, 1.54) is 0 Å². The van der Waals surface area contributed by atoms with E-state index in [1.54, 1.807) is 0 Å². The number of nitro groups is 1. The molecule has 0 saturated heterocycles. The van der Waals surface area contributed by atoms with E-state index in [1.807, 2.05) is 0 Å². The third kappa shape index (κ3) is 3.61. The van der Waals surface area contributed by atoms with Crippen molar-refractivity contribution in [3.05, 3.63) is 44.3 Å². The van der Waals surface area contributed by atoms with Crippen molar-refractivity contribution in [3.63, 3.8) is 0 Å². The molecule has 1 heterocycles. The molecule has 0 bridgehead atoms. The van der Waals surface area contributed by atoms with E-state index < -0.39 is 35.9 Å². The molecule has 0 saturated carbocycles. The van der Waals surface area contributed by atoms with Gasteiger partial charge in [-0.3, -0.25) is 10.1 Å². The van der Waals surface area contributed by atoms with Gasteiger partial charge in [0.05, 0.1) is 10.3 Å². The predicted octanol–water partition coefficient (Wildman–Crippen LogP) is 3.90. The van der Waals surface area contributed by atoms with E-state index in [0.717, 1.165) is 12.1 Å². The highest BCUT2D eigenvalue weighted by Gasteiger charge is 2.38. The zero-order valence-corrected chi connectivity index (χ0v) is 11.5. The number of alkyl halides is 3. The van der Waals surface area contributed by atoms with Crippen LogP contribution in [0.2, 0.25) is 10.3 Å². The molecule has 4 nitrogen and oxygen atoms in total. The summed E-state index contributed by atoms with van der Waals surface area (Å²) in [5, 5.41) is 10.4. The van der Waals surface area contributed by atoms with Crippen molar-refractivity contribution in [2.75, 3.05) is 20.0 Å². The van der Waals surface area contributed by atoms with E-state index >= 15 is 0 Å². The van der Waals surface area contributed by atoms with Crippen molar-refractivity contribution < 1.29 is 18.1 Å². The molecule has 0 fully saturated rings. The van der Waals surface area contributed by atoms with E-state index in [2.05, 4.69) is 4.98 Å². The average Bonchev–Trinajstić information content (AvgIpc) is 2.38. The molecule has 1 rings (SSSR count). The van der Waals surface area contributed by atoms with Crippen LogP contribution in [0.15, 0.2) is 18.3 Å². The molecule has 0 aliphatic rings. The van der Waals surface area contributed by atoms with Gasteiger partial charge in [0.2, 0.25) is 6.20 Å². The number of halogens is 5. The minimum atomic E-state index is -2.26. The summed E-state index contributed by atoms with van der Waals surface area (Å²) in [5.41, 5.74) is -2.79. The maximum absolute atomic E-state index is 13.1. The molecule has 0 aliphatic heterocycles. The fraction of sp³-hybridized carbons (Fsp3) is 0.364. The average molecular weight is 329 g/mol. The first-order valence-corrected chi connectivity index (χ1v) is 6.01. The molecule has 0 atom stereocenters. The highest BCUT2D eigenvalue weighted by molar-refractivity contribution is 6.32. The van der Waals surface area contributed by atoms with Crippen LogP contribution < -0.4 is 0 Å². The SMILES string of the molecule is O=[N+]([O-])/C=C(\c1cc(Cl)nc(Cl)c1)C(CF)(CF)CF. The van der Waals surface area contributed by atoms with E-state index in [-0.39, 0.29) is 15.9 Å². The molecule has 1 aromatic heterocycles. The summed E-state index contributed by atoms with van der Waals surface area (Å²) < 4.78 is 39.2. The van der Waals surface area contributed by atoms with Gasteiger partial charge in [-0.15, -0.1) is 0 Å². The lowest BCUT2D eigenvalue weighted by molar-refractivity contribution is -0.402. The van der Waals surface area contributed by atoms with Crippen molar-refractivity contribution in [2.45, 2.75) is 0 Å². The van der Waals surface area contributed by atoms with Gasteiger partial charge in [0.25, 0.3) is 0 Å². The first kappa shape index (κ1) is 16.7. The topological polar surface area (TPSA) is 56.0 Å². The lowest BCUT2D eigenvalue weighted by Crippen LogP contribution is -2.31. The Morgan fingerprint density at radius 2 is 1.70 bits per heavy atom. The molecule has 0 aromatic carbocycles. The summed E-state index contributed by atoms with van der Waals surface area (Å²) >= 11 is 11.3. The summed E-state index contributed by atoms with van der Waals surface area (Å²) in [4.78, 5) is 13.3. The Kier molecular flexibility index (Phi) is 5.76. The van der Waals surface area contributed by atoms with Crippen molar-refractivity contribution in [3.8, 4) is 0 Å². The fourth-order valence-electron chi connectivity index (χ4n) is 1.57. The Labute approximate surface area is 122 Å². The van der Waals surface area contributed by atoms with Gasteiger partial charge in [0.15, 0.2) is 0 Å². The molecule has 1 aromatic rings. The summed E-state index contributed by atoms with van der Waals surface area (Å²) in [6, 6.07) is 2.25. The molecule has 110 valence electrons. The van der Waals surface area contributed by atoms with E-state index in [4.69, 9.17) is 23.2 Å². The first-order valence-electron chi connectivity index (χ1n) is 5.25. The molecular formula is C11H9Cl2F3N2O2. The van der Waals surface area contributed by atoms with Crippen LogP contribution in [0.1, 0.15) is 5.56 Å². The summed E-state index contributed by atoms with van der Waals surface area (Å²) in [7, 11) is 0. The Balaban J connectivity index is 3.51. The number of rotatable bonds is 6. The second kappa shape index (κ2) is 6.90. The molecule has 9 heteroatoms. The van der Waals surface area contributed by atoms with Crippen LogP contribution in [0.25, 0.3) is 5.57 Å². The smallest absolute Gasteiger partial charge is 0.239 e. The zero-order chi connectivity index (χ0) is 15.3. The number of hydrogen-bond donors (Lipinski definition) is 0.